The lowest BCUT2D eigenvalue weighted by Gasteiger charge is -2.62. The minimum Gasteiger partial charge on any atom is -0.481 e. The van der Waals surface area contributed by atoms with Crippen molar-refractivity contribution in [2.45, 2.75) is 103 Å². The van der Waals surface area contributed by atoms with E-state index in [2.05, 4.69) is 13.8 Å². The van der Waals surface area contributed by atoms with E-state index in [0.717, 1.165) is 50.5 Å². The summed E-state index contributed by atoms with van der Waals surface area (Å²) < 4.78 is 18.4. The molecule has 5 fully saturated rings. The van der Waals surface area contributed by atoms with Crippen LogP contribution >= 0.6 is 0 Å². The number of carbonyl (C=O) groups excluding carboxylic acids is 1. The fourth-order valence-corrected chi connectivity index (χ4v) is 10.8. The van der Waals surface area contributed by atoms with Gasteiger partial charge in [-0.25, -0.2) is 4.79 Å². The van der Waals surface area contributed by atoms with Crippen LogP contribution in [-0.2, 0) is 23.8 Å². The summed E-state index contributed by atoms with van der Waals surface area (Å²) in [6.07, 6.45) is 9.90. The Hall–Kier alpha value is -1.97. The number of carboxylic acid groups (broad SMARTS) is 2. The van der Waals surface area contributed by atoms with E-state index in [-0.39, 0.29) is 41.4 Å². The summed E-state index contributed by atoms with van der Waals surface area (Å²) in [5, 5.41) is 20.1. The molecular formula is C34H51NO8. The summed E-state index contributed by atoms with van der Waals surface area (Å²) in [4.78, 5) is 38.5. The molecule has 0 aromatic heterocycles. The number of aliphatic carboxylic acids is 1. The number of hydrogen-bond acceptors (Lipinski definition) is 7. The van der Waals surface area contributed by atoms with Gasteiger partial charge in [-0.2, -0.15) is 0 Å². The summed E-state index contributed by atoms with van der Waals surface area (Å²) >= 11 is 0. The first-order valence-corrected chi connectivity index (χ1v) is 16.9. The number of ether oxygens (including phenoxy) is 3. The van der Waals surface area contributed by atoms with Crippen molar-refractivity contribution in [1.29, 1.82) is 0 Å². The highest BCUT2D eigenvalue weighted by molar-refractivity contribution is 5.97. The highest BCUT2D eigenvalue weighted by Crippen LogP contribution is 2.64. The van der Waals surface area contributed by atoms with Crippen molar-refractivity contribution < 1.29 is 38.8 Å². The van der Waals surface area contributed by atoms with Gasteiger partial charge in [0.15, 0.2) is 5.78 Å². The SMILES string of the molecule is CC(C)CC1CCC2C3CCC4C5COC[C@]4(C[C@@H](OC(=O)O)[C@@H]5OCC(N)C4CCCCC4)C3=CC(=O)C2[C@@H]1C(=O)O. The number of carboxylic acids is 1. The maximum absolute atomic E-state index is 14.0. The Balaban J connectivity index is 1.28. The maximum atomic E-state index is 14.0. The first-order valence-electron chi connectivity index (χ1n) is 16.9. The van der Waals surface area contributed by atoms with E-state index in [9.17, 15) is 24.6 Å². The summed E-state index contributed by atoms with van der Waals surface area (Å²) in [5.74, 6) is -1.04. The molecule has 0 aromatic carbocycles. The lowest BCUT2D eigenvalue weighted by Crippen LogP contribution is -2.64. The smallest absolute Gasteiger partial charge is 0.481 e. The molecule has 0 spiro atoms. The second-order valence-corrected chi connectivity index (χ2v) is 15.1. The first-order chi connectivity index (χ1) is 20.6. The van der Waals surface area contributed by atoms with E-state index in [1.807, 2.05) is 0 Å². The number of nitrogens with two attached hydrogens (primary N) is 1. The van der Waals surface area contributed by atoms with Crippen LogP contribution in [0.3, 0.4) is 0 Å². The second-order valence-electron chi connectivity index (χ2n) is 15.1. The molecule has 4 N–H and O–H groups in total. The van der Waals surface area contributed by atoms with Gasteiger partial charge >= 0.3 is 12.1 Å². The van der Waals surface area contributed by atoms with Crippen molar-refractivity contribution in [1.82, 2.24) is 0 Å². The van der Waals surface area contributed by atoms with Crippen LogP contribution in [-0.4, -0.2) is 66.2 Å². The molecule has 2 bridgehead atoms. The molecule has 0 aromatic rings. The van der Waals surface area contributed by atoms with Gasteiger partial charge in [0.2, 0.25) is 0 Å². The van der Waals surface area contributed by atoms with Crippen molar-refractivity contribution in [3.05, 3.63) is 11.6 Å². The van der Waals surface area contributed by atoms with Crippen LogP contribution in [0, 0.1) is 58.7 Å². The molecule has 1 saturated heterocycles. The third-order valence-electron chi connectivity index (χ3n) is 12.4. The van der Waals surface area contributed by atoms with E-state index in [1.54, 1.807) is 6.08 Å². The van der Waals surface area contributed by atoms with Crippen LogP contribution in [0.15, 0.2) is 11.6 Å². The third kappa shape index (κ3) is 5.67. The van der Waals surface area contributed by atoms with Crippen molar-refractivity contribution >= 4 is 17.9 Å². The van der Waals surface area contributed by atoms with Gasteiger partial charge in [-0.15, -0.1) is 0 Å². The van der Waals surface area contributed by atoms with Crippen LogP contribution in [0.4, 0.5) is 4.79 Å². The predicted octanol–water partition coefficient (Wildman–Crippen LogP) is 5.30. The largest absolute Gasteiger partial charge is 0.506 e. The average Bonchev–Trinajstić information content (AvgIpc) is 2.96. The normalized spacial score (nSPS) is 41.8. The van der Waals surface area contributed by atoms with Crippen molar-refractivity contribution in [2.24, 2.45) is 64.4 Å². The van der Waals surface area contributed by atoms with Gasteiger partial charge in [-0.1, -0.05) is 38.7 Å². The second kappa shape index (κ2) is 12.4. The van der Waals surface area contributed by atoms with Crippen molar-refractivity contribution in [2.75, 3.05) is 19.8 Å². The zero-order chi connectivity index (χ0) is 30.5. The van der Waals surface area contributed by atoms with Crippen LogP contribution in [0.2, 0.25) is 0 Å². The molecule has 7 unspecified atom stereocenters. The van der Waals surface area contributed by atoms with Gasteiger partial charge in [0.05, 0.1) is 31.8 Å². The molecule has 0 radical (unpaired) electrons. The fraction of sp³-hybridized carbons (Fsp3) is 0.853. The molecule has 9 nitrogen and oxygen atoms in total. The summed E-state index contributed by atoms with van der Waals surface area (Å²) in [5.41, 5.74) is 7.15. The Morgan fingerprint density at radius 1 is 1.07 bits per heavy atom. The predicted molar refractivity (Wildman–Crippen MR) is 158 cm³/mol. The molecule has 6 rings (SSSR count). The Labute approximate surface area is 255 Å². The van der Waals surface area contributed by atoms with Gasteiger partial charge in [-0.05, 0) is 93.0 Å². The number of allylic oxidation sites excluding steroid dienone is 1. The van der Waals surface area contributed by atoms with E-state index < -0.39 is 41.6 Å². The van der Waals surface area contributed by atoms with E-state index in [4.69, 9.17) is 19.9 Å². The van der Waals surface area contributed by atoms with Gasteiger partial charge in [-0.3, -0.25) is 9.59 Å². The first kappa shape index (κ1) is 31.0. The van der Waals surface area contributed by atoms with Crippen LogP contribution < -0.4 is 5.73 Å². The zero-order valence-electron chi connectivity index (χ0n) is 25.8. The zero-order valence-corrected chi connectivity index (χ0v) is 25.8. The van der Waals surface area contributed by atoms with Crippen LogP contribution in [0.25, 0.3) is 0 Å². The minimum atomic E-state index is -1.32. The standard InChI is InChI=1S/C34H51NO8/c1-18(2)12-20-8-9-22-21-10-11-24-23-15-41-17-34(24,25(21)13-27(36)30(22)29(20)32(37)38)14-28(43-33(39)40)31(23)42-16-26(35)19-6-4-3-5-7-19/h13,18-24,26,28-31H,3-12,14-17,35H2,1-2H3,(H,37,38)(H,39,40)/t20?,21?,22?,23?,24?,26?,28-,29-,30?,31-,34+/m1/s1. The third-order valence-corrected chi connectivity index (χ3v) is 12.4. The molecule has 6 aliphatic rings. The van der Waals surface area contributed by atoms with Gasteiger partial charge < -0.3 is 30.2 Å². The molecule has 5 aliphatic carbocycles. The Morgan fingerprint density at radius 2 is 1.84 bits per heavy atom. The molecule has 240 valence electrons. The van der Waals surface area contributed by atoms with E-state index >= 15 is 0 Å². The highest BCUT2D eigenvalue weighted by Gasteiger charge is 2.64. The minimum absolute atomic E-state index is 0.00554. The molecule has 9 heteroatoms. The number of rotatable bonds is 8. The summed E-state index contributed by atoms with van der Waals surface area (Å²) in [7, 11) is 0. The van der Waals surface area contributed by atoms with E-state index in [1.165, 1.54) is 19.3 Å². The molecular weight excluding hydrogens is 550 g/mol. The summed E-state index contributed by atoms with van der Waals surface area (Å²) in [6, 6.07) is -0.0960. The topological polar surface area (TPSA) is 145 Å². The molecule has 1 heterocycles. The lowest BCUT2D eigenvalue weighted by atomic mass is 9.45. The Morgan fingerprint density at radius 3 is 2.53 bits per heavy atom. The number of ketones is 1. The average molecular weight is 602 g/mol. The van der Waals surface area contributed by atoms with Gasteiger partial charge in [0.25, 0.3) is 0 Å². The van der Waals surface area contributed by atoms with Crippen LogP contribution in [0.5, 0.6) is 0 Å². The van der Waals surface area contributed by atoms with Gasteiger partial charge in [0, 0.05) is 23.3 Å². The number of fused-ring (bicyclic) bond motifs is 3. The van der Waals surface area contributed by atoms with Crippen molar-refractivity contribution in [3.63, 3.8) is 0 Å². The quantitative estimate of drug-likeness (QED) is 0.315. The summed E-state index contributed by atoms with van der Waals surface area (Å²) in [6.45, 7) is 5.49. The Kier molecular flexibility index (Phi) is 8.97. The molecule has 11 atom stereocenters. The highest BCUT2D eigenvalue weighted by atomic mass is 16.7. The number of carbonyl (C=O) groups is 3. The molecule has 4 saturated carbocycles. The van der Waals surface area contributed by atoms with Gasteiger partial charge in [0.1, 0.15) is 6.10 Å². The van der Waals surface area contributed by atoms with Crippen LogP contribution in [0.1, 0.15) is 84.5 Å². The lowest BCUT2D eigenvalue weighted by molar-refractivity contribution is -0.219. The van der Waals surface area contributed by atoms with E-state index in [0.29, 0.717) is 38.1 Å². The molecule has 0 amide bonds. The molecule has 1 aliphatic heterocycles. The molecule has 43 heavy (non-hydrogen) atoms. The monoisotopic (exact) mass is 601 g/mol. The number of hydrogen-bond donors (Lipinski definition) is 3. The Bertz CT molecular complexity index is 1100. The van der Waals surface area contributed by atoms with Crippen molar-refractivity contribution in [3.8, 4) is 0 Å². The maximum Gasteiger partial charge on any atom is 0.506 e. The fourth-order valence-electron chi connectivity index (χ4n) is 10.8.